The Morgan fingerprint density at radius 2 is 1.91 bits per heavy atom. The molecule has 23 heavy (non-hydrogen) atoms. The number of benzene rings is 1. The van der Waals surface area contributed by atoms with Crippen LogP contribution in [0.4, 0.5) is 0 Å². The Labute approximate surface area is 137 Å². The van der Waals surface area contributed by atoms with Gasteiger partial charge in [-0.3, -0.25) is 9.36 Å². The fraction of sp³-hybridized carbons (Fsp3) is 0.235. The fourth-order valence-electron chi connectivity index (χ4n) is 2.21. The molecule has 114 valence electrons. The average Bonchev–Trinajstić information content (AvgIpc) is 3.37. The summed E-state index contributed by atoms with van der Waals surface area (Å²) in [6, 6.07) is 8.88. The highest BCUT2D eigenvalue weighted by Gasteiger charge is 2.26. The normalized spacial score (nSPS) is 13.0. The molecule has 3 rings (SSSR count). The molecule has 1 saturated carbocycles. The van der Waals surface area contributed by atoms with Gasteiger partial charge in [-0.05, 0) is 37.1 Å². The lowest BCUT2D eigenvalue weighted by molar-refractivity contribution is 0.598. The Hall–Kier alpha value is -2.76. The van der Waals surface area contributed by atoms with Crippen molar-refractivity contribution in [2.24, 2.45) is 0 Å². The summed E-state index contributed by atoms with van der Waals surface area (Å²) < 4.78 is 2.48. The molecule has 0 spiro atoms. The minimum Gasteiger partial charge on any atom is -0.296 e. The number of halogens is 1. The fourth-order valence-corrected chi connectivity index (χ4v) is 2.33. The molecule has 0 aliphatic heterocycles. The van der Waals surface area contributed by atoms with Crippen molar-refractivity contribution < 1.29 is 0 Å². The van der Waals surface area contributed by atoms with E-state index in [2.05, 4.69) is 11.8 Å². The van der Waals surface area contributed by atoms with Gasteiger partial charge in [0, 0.05) is 22.8 Å². The summed E-state index contributed by atoms with van der Waals surface area (Å²) in [6.45, 7) is -0.0530. The monoisotopic (exact) mass is 325 g/mol. The van der Waals surface area contributed by atoms with Crippen molar-refractivity contribution in [3.63, 3.8) is 0 Å². The molecule has 0 atom stereocenters. The first-order valence-electron chi connectivity index (χ1n) is 7.10. The third-order valence-corrected chi connectivity index (χ3v) is 3.82. The lowest BCUT2D eigenvalue weighted by Crippen LogP contribution is -2.40. The number of aromatic nitrogens is 2. The van der Waals surface area contributed by atoms with E-state index in [0.29, 0.717) is 5.02 Å². The SMILES string of the molecule is N#Cc1cn(C2CC2)c(=O)n(CC#Cc2ccc(Cl)cc2)c1=O. The summed E-state index contributed by atoms with van der Waals surface area (Å²) in [6.07, 6.45) is 3.13. The van der Waals surface area contributed by atoms with Crippen LogP contribution < -0.4 is 11.2 Å². The number of nitriles is 1. The van der Waals surface area contributed by atoms with Crippen molar-refractivity contribution in [1.82, 2.24) is 9.13 Å². The van der Waals surface area contributed by atoms with E-state index in [4.69, 9.17) is 16.9 Å². The standard InChI is InChI=1S/C17H12ClN3O2/c18-14-5-3-12(4-6-14)2-1-9-20-16(22)13(10-19)11-21(17(20)23)15-7-8-15/h3-6,11,15H,7-9H2. The molecule has 0 saturated heterocycles. The minimum atomic E-state index is -0.597. The molecule has 1 fully saturated rings. The largest absolute Gasteiger partial charge is 0.332 e. The molecule has 1 aliphatic rings. The summed E-state index contributed by atoms with van der Waals surface area (Å²) in [7, 11) is 0. The van der Waals surface area contributed by atoms with E-state index >= 15 is 0 Å². The van der Waals surface area contributed by atoms with E-state index in [1.54, 1.807) is 24.3 Å². The van der Waals surface area contributed by atoms with Crippen LogP contribution in [0.25, 0.3) is 0 Å². The van der Waals surface area contributed by atoms with Crippen LogP contribution in [0.3, 0.4) is 0 Å². The summed E-state index contributed by atoms with van der Waals surface area (Å²) >= 11 is 5.80. The quantitative estimate of drug-likeness (QED) is 0.792. The minimum absolute atomic E-state index is 0.0372. The predicted octanol–water partition coefficient (Wildman–Crippen LogP) is 1.92. The van der Waals surface area contributed by atoms with Gasteiger partial charge in [0.25, 0.3) is 5.56 Å². The molecule has 5 nitrogen and oxygen atoms in total. The summed E-state index contributed by atoms with van der Waals surface area (Å²) in [5.74, 6) is 5.68. The first kappa shape index (κ1) is 15.1. The molecule has 0 bridgehead atoms. The highest BCUT2D eigenvalue weighted by atomic mass is 35.5. The van der Waals surface area contributed by atoms with Gasteiger partial charge in [0.1, 0.15) is 11.6 Å². The van der Waals surface area contributed by atoms with Gasteiger partial charge < -0.3 is 0 Å². The third kappa shape index (κ3) is 3.21. The lowest BCUT2D eigenvalue weighted by Gasteiger charge is -2.07. The van der Waals surface area contributed by atoms with E-state index in [-0.39, 0.29) is 18.2 Å². The van der Waals surface area contributed by atoms with Crippen LogP contribution in [0.2, 0.25) is 5.02 Å². The maximum Gasteiger partial charge on any atom is 0.332 e. The Morgan fingerprint density at radius 1 is 1.22 bits per heavy atom. The second kappa shape index (κ2) is 6.16. The summed E-state index contributed by atoms with van der Waals surface area (Å²) in [5.41, 5.74) is -0.312. The van der Waals surface area contributed by atoms with Crippen molar-refractivity contribution in [1.29, 1.82) is 5.26 Å². The van der Waals surface area contributed by atoms with Gasteiger partial charge in [-0.25, -0.2) is 9.36 Å². The van der Waals surface area contributed by atoms with Gasteiger partial charge in [0.05, 0.1) is 6.54 Å². The van der Waals surface area contributed by atoms with E-state index < -0.39 is 11.2 Å². The van der Waals surface area contributed by atoms with Crippen LogP contribution in [0.5, 0.6) is 0 Å². The lowest BCUT2D eigenvalue weighted by atomic mass is 10.2. The first-order valence-corrected chi connectivity index (χ1v) is 7.48. The molecule has 2 aromatic rings. The van der Waals surface area contributed by atoms with Crippen molar-refractivity contribution >= 4 is 11.6 Å². The van der Waals surface area contributed by atoms with Gasteiger partial charge in [0.15, 0.2) is 0 Å². The summed E-state index contributed by atoms with van der Waals surface area (Å²) in [4.78, 5) is 24.5. The number of rotatable bonds is 2. The number of nitrogens with zero attached hydrogens (tertiary/aromatic N) is 3. The highest BCUT2D eigenvalue weighted by molar-refractivity contribution is 6.30. The molecular weight excluding hydrogens is 314 g/mol. The summed E-state index contributed by atoms with van der Waals surface area (Å²) in [5, 5.41) is 9.67. The van der Waals surface area contributed by atoms with E-state index in [1.807, 2.05) is 6.07 Å². The molecule has 1 aromatic carbocycles. The van der Waals surface area contributed by atoms with Crippen LogP contribution in [-0.2, 0) is 6.54 Å². The molecule has 1 heterocycles. The Bertz CT molecular complexity index is 965. The molecule has 0 radical (unpaired) electrons. The molecule has 1 aromatic heterocycles. The topological polar surface area (TPSA) is 67.8 Å². The van der Waals surface area contributed by atoms with Gasteiger partial charge in [-0.15, -0.1) is 0 Å². The molecule has 0 amide bonds. The maximum absolute atomic E-state index is 12.4. The van der Waals surface area contributed by atoms with Crippen molar-refractivity contribution in [2.75, 3.05) is 0 Å². The van der Waals surface area contributed by atoms with Crippen LogP contribution in [-0.4, -0.2) is 9.13 Å². The van der Waals surface area contributed by atoms with Crippen LogP contribution in [0.1, 0.15) is 30.0 Å². The van der Waals surface area contributed by atoms with Gasteiger partial charge in [0.2, 0.25) is 0 Å². The zero-order chi connectivity index (χ0) is 16.4. The molecular formula is C17H12ClN3O2. The Kier molecular flexibility index (Phi) is 4.06. The van der Waals surface area contributed by atoms with Crippen LogP contribution >= 0.6 is 11.6 Å². The van der Waals surface area contributed by atoms with E-state index in [9.17, 15) is 9.59 Å². The van der Waals surface area contributed by atoms with Crippen molar-refractivity contribution in [2.45, 2.75) is 25.4 Å². The molecule has 1 aliphatic carbocycles. The second-order valence-electron chi connectivity index (χ2n) is 5.28. The number of hydrogen-bond donors (Lipinski definition) is 0. The zero-order valence-electron chi connectivity index (χ0n) is 12.1. The Morgan fingerprint density at radius 3 is 2.52 bits per heavy atom. The van der Waals surface area contributed by atoms with Crippen molar-refractivity contribution in [3.8, 4) is 17.9 Å². The molecule has 6 heteroatoms. The average molecular weight is 326 g/mol. The smallest absolute Gasteiger partial charge is 0.296 e. The highest BCUT2D eigenvalue weighted by Crippen LogP contribution is 2.33. The Balaban J connectivity index is 1.95. The van der Waals surface area contributed by atoms with E-state index in [1.165, 1.54) is 10.8 Å². The zero-order valence-corrected chi connectivity index (χ0v) is 12.9. The van der Waals surface area contributed by atoms with Crippen LogP contribution in [0, 0.1) is 23.2 Å². The van der Waals surface area contributed by atoms with Crippen molar-refractivity contribution in [3.05, 3.63) is 67.4 Å². The third-order valence-electron chi connectivity index (χ3n) is 3.57. The van der Waals surface area contributed by atoms with Gasteiger partial charge in [-0.1, -0.05) is 23.4 Å². The maximum atomic E-state index is 12.4. The van der Waals surface area contributed by atoms with E-state index in [0.717, 1.165) is 23.0 Å². The van der Waals surface area contributed by atoms with Gasteiger partial charge in [-0.2, -0.15) is 5.26 Å². The number of hydrogen-bond acceptors (Lipinski definition) is 3. The first-order chi connectivity index (χ1) is 11.1. The second-order valence-corrected chi connectivity index (χ2v) is 5.71. The predicted molar refractivity (Wildman–Crippen MR) is 86.3 cm³/mol. The molecule has 0 N–H and O–H groups in total. The van der Waals surface area contributed by atoms with Gasteiger partial charge >= 0.3 is 5.69 Å². The van der Waals surface area contributed by atoms with Crippen LogP contribution in [0.15, 0.2) is 40.1 Å². The molecule has 0 unspecified atom stereocenters.